The van der Waals surface area contributed by atoms with Crippen molar-refractivity contribution in [2.24, 2.45) is 5.92 Å². The molecule has 2 rings (SSSR count). The van der Waals surface area contributed by atoms with Gasteiger partial charge in [-0.15, -0.1) is 0 Å². The van der Waals surface area contributed by atoms with Crippen molar-refractivity contribution in [1.29, 1.82) is 0 Å². The summed E-state index contributed by atoms with van der Waals surface area (Å²) >= 11 is 1.81. The third kappa shape index (κ3) is 3.08. The van der Waals surface area contributed by atoms with Crippen molar-refractivity contribution in [3.63, 3.8) is 0 Å². The largest absolute Gasteiger partial charge is 0.310 e. The highest BCUT2D eigenvalue weighted by atomic mass is 32.1. The number of thiophene rings is 1. The second kappa shape index (κ2) is 5.83. The minimum Gasteiger partial charge on any atom is -0.310 e. The van der Waals surface area contributed by atoms with Gasteiger partial charge in [0.15, 0.2) is 0 Å². The molecule has 0 spiro atoms. The lowest BCUT2D eigenvalue weighted by atomic mass is 9.84. The molecule has 1 nitrogen and oxygen atoms in total. The minimum atomic E-state index is 0.680. The third-order valence-electron chi connectivity index (χ3n) is 3.93. The van der Waals surface area contributed by atoms with Gasteiger partial charge in [-0.2, -0.15) is 11.3 Å². The van der Waals surface area contributed by atoms with Crippen LogP contribution in [-0.4, -0.2) is 6.04 Å². The Bertz CT molecular complexity index is 312. The molecular formula is C14H23NS. The van der Waals surface area contributed by atoms with Gasteiger partial charge < -0.3 is 5.32 Å². The zero-order valence-corrected chi connectivity index (χ0v) is 11.3. The molecule has 1 fully saturated rings. The van der Waals surface area contributed by atoms with Crippen LogP contribution in [0.4, 0.5) is 0 Å². The molecule has 0 aromatic carbocycles. The quantitative estimate of drug-likeness (QED) is 0.831. The molecule has 1 aromatic heterocycles. The maximum absolute atomic E-state index is 3.70. The Hall–Kier alpha value is -0.340. The first-order valence-corrected chi connectivity index (χ1v) is 7.46. The molecule has 2 heteroatoms. The van der Waals surface area contributed by atoms with Crippen LogP contribution >= 0.6 is 11.3 Å². The Balaban J connectivity index is 1.78. The predicted molar refractivity (Wildman–Crippen MR) is 71.9 cm³/mol. The van der Waals surface area contributed by atoms with Gasteiger partial charge in [0, 0.05) is 12.6 Å². The van der Waals surface area contributed by atoms with Gasteiger partial charge in [0.1, 0.15) is 0 Å². The first kappa shape index (κ1) is 12.1. The Morgan fingerprint density at radius 2 is 2.06 bits per heavy atom. The van der Waals surface area contributed by atoms with Crippen LogP contribution in [0.2, 0.25) is 0 Å². The summed E-state index contributed by atoms with van der Waals surface area (Å²) in [6.45, 7) is 5.61. The second-order valence-electron chi connectivity index (χ2n) is 5.15. The third-order valence-corrected chi connectivity index (χ3v) is 4.84. The average Bonchev–Trinajstić information content (AvgIpc) is 2.73. The molecule has 0 radical (unpaired) electrons. The number of hydrogen-bond acceptors (Lipinski definition) is 2. The highest BCUT2D eigenvalue weighted by molar-refractivity contribution is 7.08. The van der Waals surface area contributed by atoms with E-state index in [1.165, 1.54) is 43.2 Å². The van der Waals surface area contributed by atoms with Crippen LogP contribution < -0.4 is 5.32 Å². The highest BCUT2D eigenvalue weighted by Crippen LogP contribution is 2.26. The molecule has 90 valence electrons. The van der Waals surface area contributed by atoms with Gasteiger partial charge in [0.25, 0.3) is 0 Å². The van der Waals surface area contributed by atoms with E-state index in [1.807, 2.05) is 11.3 Å². The normalized spacial score (nSPS) is 19.9. The lowest BCUT2D eigenvalue weighted by Crippen LogP contribution is -2.34. The minimum absolute atomic E-state index is 0.680. The summed E-state index contributed by atoms with van der Waals surface area (Å²) in [7, 11) is 0. The molecule has 1 aliphatic carbocycles. The fraction of sp³-hybridized carbons (Fsp3) is 0.714. The zero-order valence-electron chi connectivity index (χ0n) is 10.5. The van der Waals surface area contributed by atoms with Crippen LogP contribution in [0.3, 0.4) is 0 Å². The summed E-state index contributed by atoms with van der Waals surface area (Å²) in [5.74, 6) is 0.910. The summed E-state index contributed by atoms with van der Waals surface area (Å²) in [5.41, 5.74) is 2.92. The van der Waals surface area contributed by atoms with Gasteiger partial charge in [-0.25, -0.2) is 0 Å². The van der Waals surface area contributed by atoms with Crippen LogP contribution in [0.25, 0.3) is 0 Å². The van der Waals surface area contributed by atoms with Crippen molar-refractivity contribution in [2.75, 3.05) is 0 Å². The number of aryl methyl sites for hydroxylation is 1. The second-order valence-corrected chi connectivity index (χ2v) is 5.89. The van der Waals surface area contributed by atoms with E-state index in [0.29, 0.717) is 6.04 Å². The monoisotopic (exact) mass is 237 g/mol. The number of nitrogens with one attached hydrogen (secondary N) is 1. The van der Waals surface area contributed by atoms with Gasteiger partial charge in [-0.05, 0) is 54.5 Å². The molecule has 1 N–H and O–H groups in total. The molecule has 0 bridgehead atoms. The van der Waals surface area contributed by atoms with Crippen LogP contribution in [0.5, 0.6) is 0 Å². The summed E-state index contributed by atoms with van der Waals surface area (Å²) in [6, 6.07) is 0.680. The van der Waals surface area contributed by atoms with Crippen LogP contribution in [0.1, 0.15) is 50.2 Å². The summed E-state index contributed by atoms with van der Waals surface area (Å²) in [6.07, 6.45) is 7.18. The predicted octanol–water partition coefficient (Wildman–Crippen LogP) is 4.11. The van der Waals surface area contributed by atoms with E-state index in [-0.39, 0.29) is 0 Å². The topological polar surface area (TPSA) is 12.0 Å². The fourth-order valence-electron chi connectivity index (χ4n) is 2.64. The lowest BCUT2D eigenvalue weighted by molar-refractivity contribution is 0.280. The molecule has 0 saturated heterocycles. The summed E-state index contributed by atoms with van der Waals surface area (Å²) in [5, 5.41) is 8.21. The Labute approximate surface area is 103 Å². The molecule has 1 aliphatic rings. The molecule has 1 aromatic rings. The maximum Gasteiger partial charge on any atom is 0.0218 e. The molecular weight excluding hydrogens is 214 g/mol. The van der Waals surface area contributed by atoms with Crippen molar-refractivity contribution in [3.8, 4) is 0 Å². The first-order chi connectivity index (χ1) is 7.77. The number of hydrogen-bond donors (Lipinski definition) is 1. The van der Waals surface area contributed by atoms with Gasteiger partial charge in [0.05, 0.1) is 0 Å². The number of rotatable bonds is 4. The highest BCUT2D eigenvalue weighted by Gasteiger charge is 2.19. The van der Waals surface area contributed by atoms with E-state index in [1.54, 1.807) is 0 Å². The molecule has 1 atom stereocenters. The summed E-state index contributed by atoms with van der Waals surface area (Å²) in [4.78, 5) is 0. The molecule has 1 heterocycles. The van der Waals surface area contributed by atoms with Crippen LogP contribution in [-0.2, 0) is 6.54 Å². The Morgan fingerprint density at radius 1 is 1.31 bits per heavy atom. The van der Waals surface area contributed by atoms with E-state index in [9.17, 15) is 0 Å². The van der Waals surface area contributed by atoms with Gasteiger partial charge in [-0.1, -0.05) is 19.3 Å². The molecule has 0 aliphatic heterocycles. The zero-order chi connectivity index (χ0) is 11.4. The molecule has 16 heavy (non-hydrogen) atoms. The van der Waals surface area contributed by atoms with Crippen LogP contribution in [0, 0.1) is 12.8 Å². The van der Waals surface area contributed by atoms with Gasteiger partial charge in [-0.3, -0.25) is 0 Å². The molecule has 0 amide bonds. The lowest BCUT2D eigenvalue weighted by Gasteiger charge is -2.28. The van der Waals surface area contributed by atoms with Crippen molar-refractivity contribution >= 4 is 11.3 Å². The average molecular weight is 237 g/mol. The smallest absolute Gasteiger partial charge is 0.0218 e. The van der Waals surface area contributed by atoms with E-state index in [4.69, 9.17) is 0 Å². The standard InChI is InChI=1S/C14H23NS/c1-11-9-16-10-14(11)8-15-12(2)13-6-4-3-5-7-13/h9-10,12-13,15H,3-8H2,1-2H3. The summed E-state index contributed by atoms with van der Waals surface area (Å²) < 4.78 is 0. The first-order valence-electron chi connectivity index (χ1n) is 6.52. The van der Waals surface area contributed by atoms with Crippen LogP contribution in [0.15, 0.2) is 10.8 Å². The molecule has 1 unspecified atom stereocenters. The van der Waals surface area contributed by atoms with Gasteiger partial charge >= 0.3 is 0 Å². The van der Waals surface area contributed by atoms with Crippen molar-refractivity contribution in [1.82, 2.24) is 5.32 Å². The molecule has 1 saturated carbocycles. The SMILES string of the molecule is Cc1cscc1CNC(C)C1CCCCC1. The van der Waals surface area contributed by atoms with Crippen molar-refractivity contribution in [3.05, 3.63) is 21.9 Å². The van der Waals surface area contributed by atoms with E-state index in [2.05, 4.69) is 29.9 Å². The fourth-order valence-corrected chi connectivity index (χ4v) is 3.50. The van der Waals surface area contributed by atoms with Crippen molar-refractivity contribution < 1.29 is 0 Å². The Kier molecular flexibility index (Phi) is 4.42. The Morgan fingerprint density at radius 3 is 2.69 bits per heavy atom. The van der Waals surface area contributed by atoms with E-state index in [0.717, 1.165) is 12.5 Å². The van der Waals surface area contributed by atoms with Crippen molar-refractivity contribution in [2.45, 2.75) is 58.5 Å². The van der Waals surface area contributed by atoms with E-state index >= 15 is 0 Å². The van der Waals surface area contributed by atoms with Gasteiger partial charge in [0.2, 0.25) is 0 Å². The maximum atomic E-state index is 3.70. The van der Waals surface area contributed by atoms with E-state index < -0.39 is 0 Å².